The van der Waals surface area contributed by atoms with Crippen LogP contribution in [0.15, 0.2) is 0 Å². The van der Waals surface area contributed by atoms with Crippen LogP contribution in [0.25, 0.3) is 0 Å². The number of hydrogen-bond donors (Lipinski definition) is 1. The number of nitrogens with zero attached hydrogens (tertiary/aromatic N) is 2. The molecular formula is C13H26N2O3. The van der Waals surface area contributed by atoms with Gasteiger partial charge in [0.05, 0.1) is 5.60 Å². The van der Waals surface area contributed by atoms with Crippen LogP contribution in [0.3, 0.4) is 0 Å². The summed E-state index contributed by atoms with van der Waals surface area (Å²) in [5.41, 5.74) is -0.670. The minimum atomic E-state index is -0.670. The van der Waals surface area contributed by atoms with E-state index in [-0.39, 0.29) is 12.5 Å². The molecule has 1 heterocycles. The molecule has 0 aliphatic carbocycles. The summed E-state index contributed by atoms with van der Waals surface area (Å²) in [4.78, 5) is 15.8. The normalized spacial score (nSPS) is 18.1. The van der Waals surface area contributed by atoms with Gasteiger partial charge >= 0.3 is 0 Å². The Labute approximate surface area is 110 Å². The predicted octanol–water partition coefficient (Wildman–Crippen LogP) is 0.328. The van der Waals surface area contributed by atoms with Gasteiger partial charge in [-0.1, -0.05) is 6.92 Å². The Hall–Kier alpha value is -0.650. The van der Waals surface area contributed by atoms with Crippen molar-refractivity contribution in [1.82, 2.24) is 9.80 Å². The molecule has 0 unspecified atom stereocenters. The molecule has 1 amide bonds. The van der Waals surface area contributed by atoms with Crippen molar-refractivity contribution in [3.8, 4) is 0 Å². The molecule has 5 heteroatoms. The summed E-state index contributed by atoms with van der Waals surface area (Å²) in [7, 11) is 0. The fraction of sp³-hybridized carbons (Fsp3) is 0.923. The summed E-state index contributed by atoms with van der Waals surface area (Å²) in [6, 6.07) is 0. The monoisotopic (exact) mass is 258 g/mol. The van der Waals surface area contributed by atoms with Gasteiger partial charge in [-0.05, 0) is 20.3 Å². The molecule has 0 aromatic rings. The summed E-state index contributed by atoms with van der Waals surface area (Å²) in [6.07, 6.45) is 0.937. The van der Waals surface area contributed by atoms with Crippen molar-refractivity contribution in [2.45, 2.75) is 32.8 Å². The maximum atomic E-state index is 11.8. The first-order chi connectivity index (χ1) is 8.42. The third-order valence-corrected chi connectivity index (χ3v) is 2.91. The zero-order valence-corrected chi connectivity index (χ0v) is 11.8. The molecule has 0 aromatic heterocycles. The van der Waals surface area contributed by atoms with Gasteiger partial charge in [0.25, 0.3) is 0 Å². The van der Waals surface area contributed by atoms with Crippen LogP contribution in [0.1, 0.15) is 27.2 Å². The number of carbonyl (C=O) groups is 1. The molecule has 0 atom stereocenters. The van der Waals surface area contributed by atoms with E-state index in [1.807, 2.05) is 25.7 Å². The first-order valence-corrected chi connectivity index (χ1v) is 6.72. The highest BCUT2D eigenvalue weighted by molar-refractivity contribution is 5.77. The zero-order chi connectivity index (χ0) is 13.6. The molecule has 1 rings (SSSR count). The summed E-state index contributed by atoms with van der Waals surface area (Å²) < 4.78 is 5.26. The number of aliphatic hydroxyl groups is 1. The number of piperazine rings is 1. The quantitative estimate of drug-likeness (QED) is 0.698. The molecule has 18 heavy (non-hydrogen) atoms. The van der Waals surface area contributed by atoms with E-state index >= 15 is 0 Å². The van der Waals surface area contributed by atoms with Gasteiger partial charge in [-0.2, -0.15) is 0 Å². The molecule has 0 spiro atoms. The lowest BCUT2D eigenvalue weighted by atomic mass is 10.1. The van der Waals surface area contributed by atoms with Gasteiger partial charge in [0, 0.05) is 39.3 Å². The van der Waals surface area contributed by atoms with Gasteiger partial charge in [0.15, 0.2) is 0 Å². The lowest BCUT2D eigenvalue weighted by molar-refractivity contribution is -0.138. The standard InChI is InChI=1S/C13H26N2O3/c1-4-9-18-10-12(16)15-7-5-14(6-8-15)11-13(2,3)17/h17H,4-11H2,1-3H3. The molecule has 0 saturated carbocycles. The van der Waals surface area contributed by atoms with Crippen LogP contribution in [0, 0.1) is 0 Å². The van der Waals surface area contributed by atoms with Gasteiger partial charge < -0.3 is 14.7 Å². The van der Waals surface area contributed by atoms with Gasteiger partial charge in [-0.15, -0.1) is 0 Å². The first kappa shape index (κ1) is 15.4. The summed E-state index contributed by atoms with van der Waals surface area (Å²) >= 11 is 0. The maximum Gasteiger partial charge on any atom is 0.248 e. The number of hydrogen-bond acceptors (Lipinski definition) is 4. The number of amides is 1. The Balaban J connectivity index is 2.24. The fourth-order valence-corrected chi connectivity index (χ4v) is 2.10. The number of rotatable bonds is 6. The fourth-order valence-electron chi connectivity index (χ4n) is 2.10. The van der Waals surface area contributed by atoms with Crippen molar-refractivity contribution in [2.75, 3.05) is 45.9 Å². The summed E-state index contributed by atoms with van der Waals surface area (Å²) in [6.45, 7) is 10.2. The molecule has 5 nitrogen and oxygen atoms in total. The van der Waals surface area contributed by atoms with Crippen molar-refractivity contribution in [1.29, 1.82) is 0 Å². The van der Waals surface area contributed by atoms with Gasteiger partial charge in [-0.3, -0.25) is 9.69 Å². The van der Waals surface area contributed by atoms with Crippen LogP contribution >= 0.6 is 0 Å². The minimum absolute atomic E-state index is 0.0753. The van der Waals surface area contributed by atoms with Crippen molar-refractivity contribution < 1.29 is 14.6 Å². The highest BCUT2D eigenvalue weighted by Crippen LogP contribution is 2.08. The highest BCUT2D eigenvalue weighted by Gasteiger charge is 2.24. The molecule has 1 saturated heterocycles. The van der Waals surface area contributed by atoms with Crippen LogP contribution in [0.4, 0.5) is 0 Å². The van der Waals surface area contributed by atoms with Crippen LogP contribution < -0.4 is 0 Å². The second-order valence-corrected chi connectivity index (χ2v) is 5.52. The first-order valence-electron chi connectivity index (χ1n) is 6.72. The second kappa shape index (κ2) is 7.07. The second-order valence-electron chi connectivity index (χ2n) is 5.52. The Morgan fingerprint density at radius 2 is 1.89 bits per heavy atom. The van der Waals surface area contributed by atoms with E-state index in [9.17, 15) is 9.90 Å². The van der Waals surface area contributed by atoms with E-state index in [2.05, 4.69) is 4.90 Å². The smallest absolute Gasteiger partial charge is 0.248 e. The highest BCUT2D eigenvalue weighted by atomic mass is 16.5. The molecule has 0 aromatic carbocycles. The van der Waals surface area contributed by atoms with E-state index in [1.165, 1.54) is 0 Å². The van der Waals surface area contributed by atoms with E-state index in [1.54, 1.807) is 0 Å². The maximum absolute atomic E-state index is 11.8. The van der Waals surface area contributed by atoms with Crippen LogP contribution in [0.5, 0.6) is 0 Å². The topological polar surface area (TPSA) is 53.0 Å². The molecular weight excluding hydrogens is 232 g/mol. The van der Waals surface area contributed by atoms with E-state index in [0.29, 0.717) is 13.2 Å². The Morgan fingerprint density at radius 3 is 2.39 bits per heavy atom. The number of β-amino-alcohol motifs (C(OH)–C–C–N with tert-alkyl or cyclic N) is 1. The van der Waals surface area contributed by atoms with Gasteiger partial charge in [0.2, 0.25) is 5.91 Å². The number of carbonyl (C=O) groups excluding carboxylic acids is 1. The third kappa shape index (κ3) is 5.80. The van der Waals surface area contributed by atoms with Crippen molar-refractivity contribution in [2.24, 2.45) is 0 Å². The SMILES string of the molecule is CCCOCC(=O)N1CCN(CC(C)(C)O)CC1. The van der Waals surface area contributed by atoms with Crippen molar-refractivity contribution in [3.63, 3.8) is 0 Å². The lowest BCUT2D eigenvalue weighted by Crippen LogP contribution is -2.52. The Bertz CT molecular complexity index is 255. The minimum Gasteiger partial charge on any atom is -0.389 e. The molecule has 1 N–H and O–H groups in total. The van der Waals surface area contributed by atoms with E-state index < -0.39 is 5.60 Å². The van der Waals surface area contributed by atoms with Crippen LogP contribution in [0.2, 0.25) is 0 Å². The third-order valence-electron chi connectivity index (χ3n) is 2.91. The molecule has 1 aliphatic heterocycles. The average molecular weight is 258 g/mol. The average Bonchev–Trinajstić information content (AvgIpc) is 2.28. The lowest BCUT2D eigenvalue weighted by Gasteiger charge is -2.37. The molecule has 0 radical (unpaired) electrons. The van der Waals surface area contributed by atoms with Crippen LogP contribution in [-0.2, 0) is 9.53 Å². The molecule has 0 bridgehead atoms. The predicted molar refractivity (Wildman–Crippen MR) is 70.4 cm³/mol. The van der Waals surface area contributed by atoms with Crippen molar-refractivity contribution >= 4 is 5.91 Å². The van der Waals surface area contributed by atoms with Crippen molar-refractivity contribution in [3.05, 3.63) is 0 Å². The van der Waals surface area contributed by atoms with Gasteiger partial charge in [0.1, 0.15) is 6.61 Å². The van der Waals surface area contributed by atoms with Gasteiger partial charge in [-0.25, -0.2) is 0 Å². The zero-order valence-electron chi connectivity index (χ0n) is 11.8. The van der Waals surface area contributed by atoms with E-state index in [0.717, 1.165) is 32.6 Å². The molecule has 1 aliphatic rings. The number of ether oxygens (including phenoxy) is 1. The summed E-state index contributed by atoms with van der Waals surface area (Å²) in [5, 5.41) is 9.75. The molecule has 1 fully saturated rings. The van der Waals surface area contributed by atoms with E-state index in [4.69, 9.17) is 4.74 Å². The molecule has 106 valence electrons. The summed E-state index contributed by atoms with van der Waals surface area (Å²) in [5.74, 6) is 0.0753. The largest absolute Gasteiger partial charge is 0.389 e. The Kier molecular flexibility index (Phi) is 6.05. The van der Waals surface area contributed by atoms with Crippen LogP contribution in [-0.4, -0.2) is 72.4 Å². The Morgan fingerprint density at radius 1 is 1.28 bits per heavy atom.